The number of carboxylic acid groups (broad SMARTS) is 2. The summed E-state index contributed by atoms with van der Waals surface area (Å²) in [5.74, 6) is -1.11. The number of halogens is 1. The first-order chi connectivity index (χ1) is 18.8. The minimum atomic E-state index is -0.909. The zero-order valence-electron chi connectivity index (χ0n) is 23.8. The Morgan fingerprint density at radius 3 is 1.73 bits per heavy atom. The third kappa shape index (κ3) is 5.54. The quantitative estimate of drug-likeness (QED) is 0.211. The predicted molar refractivity (Wildman–Crippen MR) is 164 cm³/mol. The van der Waals surface area contributed by atoms with Crippen LogP contribution in [0.2, 0.25) is 0 Å². The Kier molecular flexibility index (Phi) is 8.21. The highest BCUT2D eigenvalue weighted by Gasteiger charge is 2.19. The largest absolute Gasteiger partial charge is 0.478 e. The van der Waals surface area contributed by atoms with E-state index in [1.807, 2.05) is 60.7 Å². The summed E-state index contributed by atoms with van der Waals surface area (Å²) in [5.41, 5.74) is 7.30. The van der Waals surface area contributed by atoms with Crippen LogP contribution >= 0.6 is 15.9 Å². The molecule has 0 aliphatic carbocycles. The SMILES string of the molecule is CC(C)c1cn(C)c2c(C(=O)O)cc(Br)cc12.Cc1ccc(-c2cc(C(=O)O)c3c(c2)c(C(C)C)cn3C)cn1. The molecule has 0 unspecified atom stereocenters. The Morgan fingerprint density at radius 1 is 0.775 bits per heavy atom. The molecule has 0 bridgehead atoms. The summed E-state index contributed by atoms with van der Waals surface area (Å²) < 4.78 is 4.60. The fraction of sp³-hybridized carbons (Fsp3) is 0.281. The summed E-state index contributed by atoms with van der Waals surface area (Å²) in [7, 11) is 3.78. The average molecular weight is 605 g/mol. The van der Waals surface area contributed by atoms with Crippen molar-refractivity contribution in [1.29, 1.82) is 0 Å². The van der Waals surface area contributed by atoms with Crippen molar-refractivity contribution in [3.05, 3.63) is 87.4 Å². The second-order valence-corrected chi connectivity index (χ2v) is 11.7. The lowest BCUT2D eigenvalue weighted by molar-refractivity contribution is 0.0687. The number of aryl methyl sites for hydroxylation is 3. The lowest BCUT2D eigenvalue weighted by atomic mass is 9.96. The number of aromatic nitrogens is 3. The van der Waals surface area contributed by atoms with Crippen LogP contribution in [0.3, 0.4) is 0 Å². The molecule has 208 valence electrons. The molecule has 2 aromatic carbocycles. The molecule has 2 N–H and O–H groups in total. The lowest BCUT2D eigenvalue weighted by Gasteiger charge is -2.09. The second kappa shape index (κ2) is 11.3. The van der Waals surface area contributed by atoms with Gasteiger partial charge >= 0.3 is 11.9 Å². The highest BCUT2D eigenvalue weighted by molar-refractivity contribution is 9.10. The maximum Gasteiger partial charge on any atom is 0.337 e. The number of nitrogens with zero attached hydrogens (tertiary/aromatic N) is 3. The molecule has 0 amide bonds. The minimum Gasteiger partial charge on any atom is -0.478 e. The monoisotopic (exact) mass is 603 g/mol. The van der Waals surface area contributed by atoms with Crippen LogP contribution in [0.4, 0.5) is 0 Å². The van der Waals surface area contributed by atoms with E-state index in [2.05, 4.69) is 54.7 Å². The second-order valence-electron chi connectivity index (χ2n) is 10.8. The highest BCUT2D eigenvalue weighted by Crippen LogP contribution is 2.34. The predicted octanol–water partition coefficient (Wildman–Crippen LogP) is 8.13. The molecule has 0 aliphatic heterocycles. The molecule has 0 spiro atoms. The smallest absolute Gasteiger partial charge is 0.337 e. The van der Waals surface area contributed by atoms with Crippen LogP contribution in [-0.2, 0) is 14.1 Å². The van der Waals surface area contributed by atoms with Crippen LogP contribution in [0.25, 0.3) is 32.9 Å². The fourth-order valence-electron chi connectivity index (χ4n) is 5.17. The molecule has 0 saturated heterocycles. The van der Waals surface area contributed by atoms with Crippen molar-refractivity contribution < 1.29 is 19.8 Å². The molecule has 7 nitrogen and oxygen atoms in total. The Morgan fingerprint density at radius 2 is 1.27 bits per heavy atom. The summed E-state index contributed by atoms with van der Waals surface area (Å²) >= 11 is 3.37. The van der Waals surface area contributed by atoms with Crippen molar-refractivity contribution in [3.63, 3.8) is 0 Å². The molecule has 3 aromatic heterocycles. The van der Waals surface area contributed by atoms with Crippen molar-refractivity contribution in [2.45, 2.75) is 46.5 Å². The first-order valence-corrected chi connectivity index (χ1v) is 13.9. The number of benzene rings is 2. The number of carboxylic acids is 2. The van der Waals surface area contributed by atoms with Gasteiger partial charge in [-0.05, 0) is 65.8 Å². The Labute approximate surface area is 242 Å². The van der Waals surface area contributed by atoms with Gasteiger partial charge in [-0.1, -0.05) is 49.7 Å². The molecule has 0 aliphatic rings. The normalized spacial score (nSPS) is 11.3. The van der Waals surface area contributed by atoms with Gasteiger partial charge in [-0.3, -0.25) is 4.98 Å². The number of carbonyl (C=O) groups is 2. The Balaban J connectivity index is 0.000000194. The van der Waals surface area contributed by atoms with Gasteiger partial charge in [0.1, 0.15) is 0 Å². The van der Waals surface area contributed by atoms with Crippen LogP contribution < -0.4 is 0 Å². The summed E-state index contributed by atoms with van der Waals surface area (Å²) in [4.78, 5) is 27.3. The summed E-state index contributed by atoms with van der Waals surface area (Å²) in [6.45, 7) is 10.4. The molecule has 0 fully saturated rings. The molecule has 0 atom stereocenters. The van der Waals surface area contributed by atoms with E-state index in [1.54, 1.807) is 18.3 Å². The molecular formula is C32H34BrN3O4. The number of hydrogen-bond acceptors (Lipinski definition) is 3. The number of rotatable bonds is 5. The van der Waals surface area contributed by atoms with Gasteiger partial charge in [-0.2, -0.15) is 0 Å². The number of aromatic carboxylic acids is 2. The average Bonchev–Trinajstić information content (AvgIpc) is 3.40. The number of fused-ring (bicyclic) bond motifs is 2. The van der Waals surface area contributed by atoms with E-state index in [0.717, 1.165) is 48.7 Å². The lowest BCUT2D eigenvalue weighted by Crippen LogP contribution is -2.01. The van der Waals surface area contributed by atoms with Gasteiger partial charge in [0, 0.05) is 59.2 Å². The van der Waals surface area contributed by atoms with Crippen molar-refractivity contribution in [2.24, 2.45) is 14.1 Å². The van der Waals surface area contributed by atoms with E-state index in [-0.39, 0.29) is 0 Å². The van der Waals surface area contributed by atoms with E-state index < -0.39 is 11.9 Å². The minimum absolute atomic E-state index is 0.326. The van der Waals surface area contributed by atoms with Crippen LogP contribution in [0, 0.1) is 6.92 Å². The van der Waals surface area contributed by atoms with E-state index in [0.29, 0.717) is 23.0 Å². The van der Waals surface area contributed by atoms with Crippen molar-refractivity contribution >= 4 is 49.7 Å². The van der Waals surface area contributed by atoms with Crippen LogP contribution in [0.1, 0.15) is 77.1 Å². The first-order valence-electron chi connectivity index (χ1n) is 13.1. The van der Waals surface area contributed by atoms with Crippen LogP contribution in [-0.4, -0.2) is 36.3 Å². The highest BCUT2D eigenvalue weighted by atomic mass is 79.9. The van der Waals surface area contributed by atoms with Gasteiger partial charge in [0.25, 0.3) is 0 Å². The molecule has 0 radical (unpaired) electrons. The van der Waals surface area contributed by atoms with E-state index in [9.17, 15) is 19.8 Å². The van der Waals surface area contributed by atoms with Gasteiger partial charge in [-0.15, -0.1) is 0 Å². The number of pyridine rings is 1. The van der Waals surface area contributed by atoms with Crippen LogP contribution in [0.5, 0.6) is 0 Å². The topological polar surface area (TPSA) is 97.4 Å². The maximum absolute atomic E-state index is 11.8. The van der Waals surface area contributed by atoms with Gasteiger partial charge in [-0.25, -0.2) is 9.59 Å². The van der Waals surface area contributed by atoms with Gasteiger partial charge in [0.15, 0.2) is 0 Å². The summed E-state index contributed by atoms with van der Waals surface area (Å²) in [6.07, 6.45) is 5.83. The fourth-order valence-corrected chi connectivity index (χ4v) is 5.63. The van der Waals surface area contributed by atoms with Gasteiger partial charge in [0.2, 0.25) is 0 Å². The van der Waals surface area contributed by atoms with Crippen molar-refractivity contribution in [2.75, 3.05) is 0 Å². The standard InChI is InChI=1S/C19H20N2O2.C13H14BrNO2/c1-11(2)17-10-21(4)18-15(17)7-14(8-16(18)19(22)23)13-6-5-12(3)20-9-13;1-7(2)11-6-15(3)12-9(11)4-8(14)5-10(12)13(16)17/h5-11H,1-4H3,(H,22,23);4-7H,1-3H3,(H,16,17). The van der Waals surface area contributed by atoms with Crippen LogP contribution in [0.15, 0.2) is 59.5 Å². The summed E-state index contributed by atoms with van der Waals surface area (Å²) in [6, 6.07) is 11.4. The van der Waals surface area contributed by atoms with Gasteiger partial charge in [0.05, 0.1) is 22.2 Å². The first kappa shape index (κ1) is 29.1. The molecular weight excluding hydrogens is 570 g/mol. The van der Waals surface area contributed by atoms with E-state index >= 15 is 0 Å². The Bertz CT molecular complexity index is 1740. The molecule has 40 heavy (non-hydrogen) atoms. The molecule has 3 heterocycles. The van der Waals surface area contributed by atoms with E-state index in [1.165, 1.54) is 5.56 Å². The molecule has 5 aromatic rings. The molecule has 5 rings (SSSR count). The molecule has 0 saturated carbocycles. The molecule has 8 heteroatoms. The third-order valence-electron chi connectivity index (χ3n) is 7.13. The van der Waals surface area contributed by atoms with E-state index in [4.69, 9.17) is 0 Å². The number of hydrogen-bond donors (Lipinski definition) is 2. The Hall–Kier alpha value is -3.91. The zero-order chi connectivity index (χ0) is 29.5. The third-order valence-corrected chi connectivity index (χ3v) is 7.58. The maximum atomic E-state index is 11.8. The van der Waals surface area contributed by atoms with Crippen molar-refractivity contribution in [3.8, 4) is 11.1 Å². The zero-order valence-corrected chi connectivity index (χ0v) is 25.4. The van der Waals surface area contributed by atoms with Crippen molar-refractivity contribution in [1.82, 2.24) is 14.1 Å². The van der Waals surface area contributed by atoms with Gasteiger partial charge < -0.3 is 19.3 Å². The summed E-state index contributed by atoms with van der Waals surface area (Å²) in [5, 5.41) is 20.9.